The quantitative estimate of drug-likeness (QED) is 0.575. The summed E-state index contributed by atoms with van der Waals surface area (Å²) < 4.78 is 0. The van der Waals surface area contributed by atoms with Crippen molar-refractivity contribution < 1.29 is 5.11 Å². The maximum Gasteiger partial charge on any atom is 0.0515 e. The fourth-order valence-electron chi connectivity index (χ4n) is 0.622. The molecular formula is C8H16O. The van der Waals surface area contributed by atoms with Crippen molar-refractivity contribution in [2.24, 2.45) is 0 Å². The maximum absolute atomic E-state index is 8.82. The van der Waals surface area contributed by atoms with Crippen LogP contribution < -0.4 is 0 Å². The molecule has 0 amide bonds. The molecule has 1 atom stereocenters. The fourth-order valence-corrected chi connectivity index (χ4v) is 0.622. The van der Waals surface area contributed by atoms with Gasteiger partial charge in [-0.15, -0.1) is 0 Å². The SMILES string of the molecule is CCC=CCCC(C)O. The molecule has 0 aromatic carbocycles. The van der Waals surface area contributed by atoms with Crippen LogP contribution >= 0.6 is 0 Å². The monoisotopic (exact) mass is 128 g/mol. The van der Waals surface area contributed by atoms with Gasteiger partial charge in [0.25, 0.3) is 0 Å². The Bertz CT molecular complexity index is 74.6. The fraction of sp³-hybridized carbons (Fsp3) is 0.750. The second-order valence-corrected chi connectivity index (χ2v) is 2.31. The van der Waals surface area contributed by atoms with Crippen LogP contribution in [0.25, 0.3) is 0 Å². The first-order valence-electron chi connectivity index (χ1n) is 3.60. The van der Waals surface area contributed by atoms with Gasteiger partial charge in [0, 0.05) is 0 Å². The van der Waals surface area contributed by atoms with E-state index in [1.807, 2.05) is 6.92 Å². The van der Waals surface area contributed by atoms with Gasteiger partial charge in [-0.25, -0.2) is 0 Å². The molecule has 0 heterocycles. The van der Waals surface area contributed by atoms with Crippen LogP contribution in [0, 0.1) is 0 Å². The lowest BCUT2D eigenvalue weighted by Gasteiger charge is -1.97. The Hall–Kier alpha value is -0.300. The van der Waals surface area contributed by atoms with Crippen molar-refractivity contribution in [2.45, 2.75) is 39.2 Å². The minimum Gasteiger partial charge on any atom is -0.393 e. The van der Waals surface area contributed by atoms with E-state index in [0.29, 0.717) is 0 Å². The topological polar surface area (TPSA) is 20.2 Å². The molecule has 1 nitrogen and oxygen atoms in total. The van der Waals surface area contributed by atoms with Crippen LogP contribution in [0.2, 0.25) is 0 Å². The number of hydrogen-bond donors (Lipinski definition) is 1. The zero-order chi connectivity index (χ0) is 7.11. The van der Waals surface area contributed by atoms with Crippen LogP contribution in [0.1, 0.15) is 33.1 Å². The predicted octanol–water partition coefficient (Wildman–Crippen LogP) is 2.11. The Balaban J connectivity index is 2.99. The Morgan fingerprint density at radius 2 is 2.11 bits per heavy atom. The summed E-state index contributed by atoms with van der Waals surface area (Å²) in [5.74, 6) is 0. The van der Waals surface area contributed by atoms with Crippen molar-refractivity contribution in [3.8, 4) is 0 Å². The molecule has 1 heteroatoms. The average Bonchev–Trinajstić information content (AvgIpc) is 1.80. The molecule has 0 aliphatic rings. The van der Waals surface area contributed by atoms with Gasteiger partial charge in [-0.2, -0.15) is 0 Å². The van der Waals surface area contributed by atoms with Gasteiger partial charge in [-0.1, -0.05) is 19.1 Å². The molecule has 0 bridgehead atoms. The summed E-state index contributed by atoms with van der Waals surface area (Å²) >= 11 is 0. The van der Waals surface area contributed by atoms with Gasteiger partial charge >= 0.3 is 0 Å². The second-order valence-electron chi connectivity index (χ2n) is 2.31. The van der Waals surface area contributed by atoms with Crippen LogP contribution in [-0.2, 0) is 0 Å². The molecule has 9 heavy (non-hydrogen) atoms. The van der Waals surface area contributed by atoms with E-state index in [2.05, 4.69) is 19.1 Å². The molecule has 0 saturated carbocycles. The van der Waals surface area contributed by atoms with E-state index in [0.717, 1.165) is 19.3 Å². The molecule has 54 valence electrons. The Labute approximate surface area is 57.4 Å². The van der Waals surface area contributed by atoms with E-state index in [4.69, 9.17) is 5.11 Å². The molecule has 0 spiro atoms. The average molecular weight is 128 g/mol. The number of allylic oxidation sites excluding steroid dienone is 2. The van der Waals surface area contributed by atoms with Crippen molar-refractivity contribution in [3.05, 3.63) is 12.2 Å². The molecule has 1 unspecified atom stereocenters. The van der Waals surface area contributed by atoms with Gasteiger partial charge in [-0.05, 0) is 26.2 Å². The molecule has 0 radical (unpaired) electrons. The highest BCUT2D eigenvalue weighted by Crippen LogP contribution is 1.96. The van der Waals surface area contributed by atoms with Crippen LogP contribution in [0.15, 0.2) is 12.2 Å². The van der Waals surface area contributed by atoms with E-state index in [-0.39, 0.29) is 6.10 Å². The highest BCUT2D eigenvalue weighted by Gasteiger charge is 1.89. The summed E-state index contributed by atoms with van der Waals surface area (Å²) in [6, 6.07) is 0. The van der Waals surface area contributed by atoms with Gasteiger partial charge in [0.1, 0.15) is 0 Å². The van der Waals surface area contributed by atoms with E-state index >= 15 is 0 Å². The molecule has 1 N–H and O–H groups in total. The third-order valence-electron chi connectivity index (χ3n) is 1.15. The van der Waals surface area contributed by atoms with E-state index in [1.54, 1.807) is 0 Å². The van der Waals surface area contributed by atoms with Crippen molar-refractivity contribution >= 4 is 0 Å². The highest BCUT2D eigenvalue weighted by atomic mass is 16.3. The first-order chi connectivity index (χ1) is 4.27. The zero-order valence-electron chi connectivity index (χ0n) is 6.30. The minimum absolute atomic E-state index is 0.147. The van der Waals surface area contributed by atoms with Crippen molar-refractivity contribution in [1.82, 2.24) is 0 Å². The van der Waals surface area contributed by atoms with Crippen LogP contribution in [-0.4, -0.2) is 11.2 Å². The van der Waals surface area contributed by atoms with Gasteiger partial charge < -0.3 is 5.11 Å². The molecule has 0 saturated heterocycles. The van der Waals surface area contributed by atoms with Crippen LogP contribution in [0.5, 0.6) is 0 Å². The van der Waals surface area contributed by atoms with Crippen LogP contribution in [0.3, 0.4) is 0 Å². The number of rotatable bonds is 4. The first kappa shape index (κ1) is 8.70. The van der Waals surface area contributed by atoms with E-state index in [1.165, 1.54) is 0 Å². The Morgan fingerprint density at radius 1 is 1.44 bits per heavy atom. The summed E-state index contributed by atoms with van der Waals surface area (Å²) in [6.07, 6.45) is 7.09. The Morgan fingerprint density at radius 3 is 2.56 bits per heavy atom. The summed E-state index contributed by atoms with van der Waals surface area (Å²) in [6.45, 7) is 3.93. The first-order valence-corrected chi connectivity index (χ1v) is 3.60. The molecule has 0 fully saturated rings. The van der Waals surface area contributed by atoms with Gasteiger partial charge in [-0.3, -0.25) is 0 Å². The third kappa shape index (κ3) is 7.70. The maximum atomic E-state index is 8.82. The summed E-state index contributed by atoms with van der Waals surface area (Å²) in [5.41, 5.74) is 0. The zero-order valence-corrected chi connectivity index (χ0v) is 6.30. The largest absolute Gasteiger partial charge is 0.393 e. The smallest absolute Gasteiger partial charge is 0.0515 e. The van der Waals surface area contributed by atoms with Crippen molar-refractivity contribution in [2.75, 3.05) is 0 Å². The summed E-state index contributed by atoms with van der Waals surface area (Å²) in [7, 11) is 0. The van der Waals surface area contributed by atoms with Crippen LogP contribution in [0.4, 0.5) is 0 Å². The molecular weight excluding hydrogens is 112 g/mol. The Kier molecular flexibility index (Phi) is 5.64. The molecule has 0 rings (SSSR count). The number of aliphatic hydroxyl groups is 1. The number of hydrogen-bond acceptors (Lipinski definition) is 1. The summed E-state index contributed by atoms with van der Waals surface area (Å²) in [4.78, 5) is 0. The lowest BCUT2D eigenvalue weighted by atomic mass is 10.2. The lowest BCUT2D eigenvalue weighted by molar-refractivity contribution is 0.186. The molecule has 0 aliphatic carbocycles. The van der Waals surface area contributed by atoms with E-state index in [9.17, 15) is 0 Å². The minimum atomic E-state index is -0.147. The van der Waals surface area contributed by atoms with Gasteiger partial charge in [0.2, 0.25) is 0 Å². The normalized spacial score (nSPS) is 14.6. The molecule has 0 aromatic rings. The number of aliphatic hydroxyl groups excluding tert-OH is 1. The van der Waals surface area contributed by atoms with Crippen molar-refractivity contribution in [3.63, 3.8) is 0 Å². The molecule has 0 aromatic heterocycles. The van der Waals surface area contributed by atoms with Gasteiger partial charge in [0.05, 0.1) is 6.10 Å². The van der Waals surface area contributed by atoms with E-state index < -0.39 is 0 Å². The van der Waals surface area contributed by atoms with Crippen molar-refractivity contribution in [1.29, 1.82) is 0 Å². The summed E-state index contributed by atoms with van der Waals surface area (Å²) in [5, 5.41) is 8.82. The molecule has 0 aliphatic heterocycles. The lowest BCUT2D eigenvalue weighted by Crippen LogP contribution is -1.96. The predicted molar refractivity (Wildman–Crippen MR) is 40.3 cm³/mol. The standard InChI is InChI=1S/C8H16O/c1-3-4-5-6-7-8(2)9/h4-5,8-9H,3,6-7H2,1-2H3. The third-order valence-corrected chi connectivity index (χ3v) is 1.15. The highest BCUT2D eigenvalue weighted by molar-refractivity contribution is 4.80. The van der Waals surface area contributed by atoms with Gasteiger partial charge in [0.15, 0.2) is 0 Å². The second kappa shape index (κ2) is 5.83.